The summed E-state index contributed by atoms with van der Waals surface area (Å²) in [4.78, 5) is 27.9. The highest BCUT2D eigenvalue weighted by Gasteiger charge is 2.47. The smallest absolute Gasteiger partial charge is 0.227 e. The van der Waals surface area contributed by atoms with Crippen molar-refractivity contribution < 1.29 is 9.84 Å². The number of nitrogens with one attached hydrogen (secondary N) is 1. The Hall–Kier alpha value is -2.99. The maximum absolute atomic E-state index is 9.64. The molecule has 12 nitrogen and oxygen atoms in total. The zero-order valence-corrected chi connectivity index (χ0v) is 26.8. The number of pyridine rings is 1. The van der Waals surface area contributed by atoms with Crippen LogP contribution >= 0.6 is 35.8 Å². The maximum atomic E-state index is 9.64. The van der Waals surface area contributed by atoms with Crippen molar-refractivity contribution in [3.8, 4) is 6.07 Å². The number of piperidine rings is 2. The highest BCUT2D eigenvalue weighted by molar-refractivity contribution is 7.99. The molecule has 0 unspecified atom stereocenters. The van der Waals surface area contributed by atoms with Crippen LogP contribution in [-0.4, -0.2) is 81.6 Å². The lowest BCUT2D eigenvalue weighted by atomic mass is 9.73. The van der Waals surface area contributed by atoms with Gasteiger partial charge < -0.3 is 30.7 Å². The molecule has 3 aliphatic heterocycles. The second-order valence-electron chi connectivity index (χ2n) is 11.6. The Balaban J connectivity index is 0.00000384. The molecule has 0 aliphatic carbocycles. The summed E-state index contributed by atoms with van der Waals surface area (Å²) in [5, 5.41) is 23.5. The summed E-state index contributed by atoms with van der Waals surface area (Å²) in [5.74, 6) is 2.41. The molecule has 0 aromatic carbocycles. The summed E-state index contributed by atoms with van der Waals surface area (Å²) in [6.07, 6.45) is 10.1. The summed E-state index contributed by atoms with van der Waals surface area (Å²) in [6, 6.07) is 5.94. The molecule has 44 heavy (non-hydrogen) atoms. The van der Waals surface area contributed by atoms with E-state index < -0.39 is 5.41 Å². The number of nitriles is 1. The molecule has 4 N–H and O–H groups in total. The number of rotatable bonds is 7. The molecule has 2 atom stereocenters. The fourth-order valence-corrected chi connectivity index (χ4v) is 7.04. The fraction of sp³-hybridized carbons (Fsp3) is 0.517. The van der Waals surface area contributed by atoms with Crippen molar-refractivity contribution in [1.82, 2.24) is 24.9 Å². The standard InChI is InChI=1S/C29H35ClN10O2S.ClH/c1-19-25(32)29(18-42-19)6-12-39(13-7-29)22-14-36-23(15-35-22)43-20-2-8-33-26(24(20)30)37-21-3-9-34-27(38-21)40-10-4-28(16-31,17-41)5-11-40;/h2-3,8-9,14-15,19,25,41H,4-7,10-13,17-18,32H2,1H3,(H,33,34,37,38);1H/t19-,25+;/m0./s1. The summed E-state index contributed by atoms with van der Waals surface area (Å²) < 4.78 is 5.85. The van der Waals surface area contributed by atoms with Crippen LogP contribution < -0.4 is 20.9 Å². The highest BCUT2D eigenvalue weighted by Crippen LogP contribution is 2.42. The number of nitrogens with two attached hydrogens (primary N) is 1. The summed E-state index contributed by atoms with van der Waals surface area (Å²) in [7, 11) is 0. The predicted octanol–water partition coefficient (Wildman–Crippen LogP) is 4.07. The molecule has 6 rings (SSSR count). The molecule has 3 aromatic rings. The number of nitrogens with zero attached hydrogens (tertiary/aromatic N) is 8. The average molecular weight is 660 g/mol. The molecule has 3 aromatic heterocycles. The lowest BCUT2D eigenvalue weighted by molar-refractivity contribution is 0.0974. The zero-order chi connectivity index (χ0) is 30.0. The third kappa shape index (κ3) is 6.51. The quantitative estimate of drug-likeness (QED) is 0.333. The van der Waals surface area contributed by atoms with Crippen LogP contribution in [0, 0.1) is 22.2 Å². The molecule has 15 heteroatoms. The lowest BCUT2D eigenvalue weighted by Crippen LogP contribution is -2.50. The van der Waals surface area contributed by atoms with E-state index in [0.717, 1.165) is 48.3 Å². The van der Waals surface area contributed by atoms with E-state index in [4.69, 9.17) is 27.1 Å². The van der Waals surface area contributed by atoms with Crippen molar-refractivity contribution >= 4 is 59.2 Å². The average Bonchev–Trinajstić information content (AvgIpc) is 3.32. The molecular formula is C29H36Cl2N10O2S. The Kier molecular flexibility index (Phi) is 9.99. The number of hydrogen-bond acceptors (Lipinski definition) is 13. The van der Waals surface area contributed by atoms with Crippen molar-refractivity contribution in [3.05, 3.63) is 41.9 Å². The summed E-state index contributed by atoms with van der Waals surface area (Å²) in [6.45, 7) is 5.58. The molecule has 234 valence electrons. The molecule has 3 aliphatic rings. The first kappa shape index (κ1) is 32.4. The largest absolute Gasteiger partial charge is 0.395 e. The van der Waals surface area contributed by atoms with E-state index in [9.17, 15) is 10.4 Å². The first-order valence-electron chi connectivity index (χ1n) is 14.5. The number of anilines is 4. The van der Waals surface area contributed by atoms with Crippen LogP contribution in [0.5, 0.6) is 0 Å². The third-order valence-electron chi connectivity index (χ3n) is 9.05. The normalized spacial score (nSPS) is 22.3. The van der Waals surface area contributed by atoms with Gasteiger partial charge >= 0.3 is 0 Å². The van der Waals surface area contributed by atoms with Gasteiger partial charge in [-0.3, -0.25) is 0 Å². The first-order valence-corrected chi connectivity index (χ1v) is 15.7. The van der Waals surface area contributed by atoms with Crippen LogP contribution in [0.2, 0.25) is 5.02 Å². The number of ether oxygens (including phenoxy) is 1. The van der Waals surface area contributed by atoms with Gasteiger partial charge in [0, 0.05) is 54.9 Å². The molecule has 0 radical (unpaired) electrons. The van der Waals surface area contributed by atoms with Crippen LogP contribution in [0.25, 0.3) is 0 Å². The van der Waals surface area contributed by atoms with Crippen molar-refractivity contribution in [2.45, 2.75) is 54.7 Å². The second kappa shape index (κ2) is 13.6. The molecule has 3 saturated heterocycles. The van der Waals surface area contributed by atoms with Crippen molar-refractivity contribution in [2.75, 3.05) is 54.5 Å². The van der Waals surface area contributed by atoms with Crippen LogP contribution in [0.15, 0.2) is 46.8 Å². The van der Waals surface area contributed by atoms with Gasteiger partial charge in [-0.1, -0.05) is 23.4 Å². The van der Waals surface area contributed by atoms with Crippen molar-refractivity contribution in [1.29, 1.82) is 5.26 Å². The van der Waals surface area contributed by atoms with Crippen LogP contribution in [0.4, 0.5) is 23.4 Å². The van der Waals surface area contributed by atoms with E-state index in [1.165, 1.54) is 11.8 Å². The van der Waals surface area contributed by atoms with Gasteiger partial charge in [0.1, 0.15) is 16.7 Å². The SMILES string of the molecule is C[C@@H]1OCC2(CCN(c3cnc(Sc4ccnc(Nc5ccnc(N6CCC(C#N)(CO)CC6)n5)c4Cl)cn3)CC2)[C@@H]1N.Cl. The minimum atomic E-state index is -0.692. The van der Waals surface area contributed by atoms with Gasteiger partial charge in [-0.15, -0.1) is 12.4 Å². The van der Waals surface area contributed by atoms with Crippen LogP contribution in [0.3, 0.4) is 0 Å². The van der Waals surface area contributed by atoms with E-state index in [0.29, 0.717) is 48.5 Å². The maximum Gasteiger partial charge on any atom is 0.227 e. The lowest BCUT2D eigenvalue weighted by Gasteiger charge is -2.41. The van der Waals surface area contributed by atoms with E-state index in [2.05, 4.69) is 43.1 Å². The van der Waals surface area contributed by atoms with Crippen LogP contribution in [-0.2, 0) is 4.74 Å². The molecular weight excluding hydrogens is 623 g/mol. The molecule has 0 bridgehead atoms. The summed E-state index contributed by atoms with van der Waals surface area (Å²) >= 11 is 8.18. The van der Waals surface area contributed by atoms with E-state index in [1.807, 2.05) is 17.2 Å². The number of aliphatic hydroxyl groups excluding tert-OH is 1. The Morgan fingerprint density at radius 3 is 2.45 bits per heavy atom. The second-order valence-corrected chi connectivity index (χ2v) is 13.0. The predicted molar refractivity (Wildman–Crippen MR) is 172 cm³/mol. The van der Waals surface area contributed by atoms with Gasteiger partial charge in [-0.2, -0.15) is 10.2 Å². The summed E-state index contributed by atoms with van der Waals surface area (Å²) in [5.41, 5.74) is 5.84. The van der Waals surface area contributed by atoms with Gasteiger partial charge in [0.25, 0.3) is 0 Å². The number of hydrogen-bond donors (Lipinski definition) is 3. The van der Waals surface area contributed by atoms with E-state index >= 15 is 0 Å². The molecule has 3 fully saturated rings. The van der Waals surface area contributed by atoms with E-state index in [1.54, 1.807) is 24.7 Å². The van der Waals surface area contributed by atoms with Gasteiger partial charge in [0.15, 0.2) is 5.82 Å². The Bertz CT molecular complexity index is 1480. The molecule has 0 amide bonds. The van der Waals surface area contributed by atoms with Crippen LogP contribution in [0.1, 0.15) is 32.6 Å². The number of halogens is 2. The zero-order valence-electron chi connectivity index (χ0n) is 24.4. The Morgan fingerprint density at radius 2 is 1.82 bits per heavy atom. The molecule has 0 saturated carbocycles. The van der Waals surface area contributed by atoms with E-state index in [-0.39, 0.29) is 36.6 Å². The highest BCUT2D eigenvalue weighted by atomic mass is 35.5. The van der Waals surface area contributed by atoms with Gasteiger partial charge in [0.05, 0.1) is 48.2 Å². The third-order valence-corrected chi connectivity index (χ3v) is 10.5. The first-order chi connectivity index (χ1) is 20.8. The number of aliphatic hydroxyl groups is 1. The Morgan fingerprint density at radius 1 is 1.09 bits per heavy atom. The van der Waals surface area contributed by atoms with Gasteiger partial charge in [-0.05, 0) is 44.7 Å². The Labute approximate surface area is 272 Å². The van der Waals surface area contributed by atoms with Gasteiger partial charge in [0.2, 0.25) is 5.95 Å². The minimum Gasteiger partial charge on any atom is -0.395 e. The van der Waals surface area contributed by atoms with Crippen molar-refractivity contribution in [3.63, 3.8) is 0 Å². The molecule has 1 spiro atoms. The van der Waals surface area contributed by atoms with Crippen molar-refractivity contribution in [2.24, 2.45) is 16.6 Å². The molecule has 6 heterocycles. The monoisotopic (exact) mass is 658 g/mol. The minimum absolute atomic E-state index is 0. The fourth-order valence-electron chi connectivity index (χ4n) is 6.02. The van der Waals surface area contributed by atoms with Gasteiger partial charge in [-0.25, -0.2) is 19.9 Å². The number of aromatic nitrogens is 5. The topological polar surface area (TPSA) is 162 Å².